The highest BCUT2D eigenvalue weighted by Crippen LogP contribution is 2.19. The van der Waals surface area contributed by atoms with Crippen molar-refractivity contribution in [2.75, 3.05) is 0 Å². The lowest BCUT2D eigenvalue weighted by Crippen LogP contribution is -2.06. The zero-order valence-corrected chi connectivity index (χ0v) is 10.3. The monoisotopic (exact) mass is 294 g/mol. The molecule has 2 nitrogen and oxygen atoms in total. The van der Waals surface area contributed by atoms with Crippen LogP contribution in [0.4, 0.5) is 0 Å². The van der Waals surface area contributed by atoms with Crippen LogP contribution >= 0.6 is 22.6 Å². The fourth-order valence-corrected chi connectivity index (χ4v) is 1.09. The Morgan fingerprint density at radius 1 is 1.38 bits per heavy atom. The van der Waals surface area contributed by atoms with Crippen LogP contribution in [-0.4, -0.2) is 11.6 Å². The van der Waals surface area contributed by atoms with Crippen LogP contribution in [0, 0.1) is 5.92 Å². The number of carbonyl (C=O) groups is 2. The van der Waals surface area contributed by atoms with E-state index in [9.17, 15) is 9.59 Å². The van der Waals surface area contributed by atoms with E-state index in [2.05, 4.69) is 29.2 Å². The smallest absolute Gasteiger partial charge is 0.133 e. The number of hydrogen-bond acceptors (Lipinski definition) is 2. The average Bonchev–Trinajstić information content (AvgIpc) is 2.00. The first-order valence-electron chi connectivity index (χ1n) is 4.29. The maximum Gasteiger partial charge on any atom is 0.133 e. The maximum atomic E-state index is 11.3. The van der Waals surface area contributed by atoms with Gasteiger partial charge in [0.25, 0.3) is 0 Å². The minimum atomic E-state index is 0.0781. The van der Waals surface area contributed by atoms with Gasteiger partial charge in [-0.3, -0.25) is 4.79 Å². The van der Waals surface area contributed by atoms with Gasteiger partial charge in [0.05, 0.1) is 0 Å². The summed E-state index contributed by atoms with van der Waals surface area (Å²) in [5.41, 5.74) is 0. The molecule has 0 bridgehead atoms. The highest BCUT2D eigenvalue weighted by Gasteiger charge is 2.10. The molecule has 0 aromatic rings. The summed E-state index contributed by atoms with van der Waals surface area (Å²) in [7, 11) is 0. The highest BCUT2D eigenvalue weighted by atomic mass is 127. The molecule has 0 saturated carbocycles. The SMILES string of the molecule is C=C(I)[C@H](C)CC(=O)CCC(C)=O. The van der Waals surface area contributed by atoms with Crippen LogP contribution in [0.5, 0.6) is 0 Å². The van der Waals surface area contributed by atoms with Gasteiger partial charge in [0.2, 0.25) is 0 Å². The number of halogens is 1. The third kappa shape index (κ3) is 6.93. The Balaban J connectivity index is 3.74. The molecule has 0 aliphatic carbocycles. The topological polar surface area (TPSA) is 34.1 Å². The van der Waals surface area contributed by atoms with Crippen LogP contribution in [0.2, 0.25) is 0 Å². The zero-order valence-electron chi connectivity index (χ0n) is 8.10. The van der Waals surface area contributed by atoms with Gasteiger partial charge in [0, 0.05) is 19.3 Å². The standard InChI is InChI=1S/C10H15IO2/c1-7(9(3)11)6-10(13)5-4-8(2)12/h7H,3-6H2,1-2H3/t7-/m1/s1. The average molecular weight is 294 g/mol. The van der Waals surface area contributed by atoms with Crippen molar-refractivity contribution in [3.63, 3.8) is 0 Å². The Bertz CT molecular complexity index is 221. The first-order chi connectivity index (χ1) is 5.93. The van der Waals surface area contributed by atoms with Crippen LogP contribution in [0.3, 0.4) is 0 Å². The molecule has 0 rings (SSSR count). The molecule has 0 aromatic carbocycles. The van der Waals surface area contributed by atoms with E-state index >= 15 is 0 Å². The second kappa shape index (κ2) is 6.29. The number of Topliss-reactive ketones (excluding diaryl/α,β-unsaturated/α-hetero) is 2. The van der Waals surface area contributed by atoms with Crippen molar-refractivity contribution < 1.29 is 9.59 Å². The predicted molar refractivity (Wildman–Crippen MR) is 61.9 cm³/mol. The minimum absolute atomic E-state index is 0.0781. The number of ketones is 2. The van der Waals surface area contributed by atoms with Gasteiger partial charge in [-0.25, -0.2) is 0 Å². The van der Waals surface area contributed by atoms with Gasteiger partial charge in [-0.2, -0.15) is 0 Å². The second-order valence-corrected chi connectivity index (χ2v) is 4.68. The predicted octanol–water partition coefficient (Wildman–Crippen LogP) is 2.90. The van der Waals surface area contributed by atoms with E-state index in [1.165, 1.54) is 6.92 Å². The molecule has 0 heterocycles. The van der Waals surface area contributed by atoms with Crippen molar-refractivity contribution in [2.24, 2.45) is 5.92 Å². The van der Waals surface area contributed by atoms with Gasteiger partial charge in [0.15, 0.2) is 0 Å². The summed E-state index contributed by atoms with van der Waals surface area (Å²) in [6, 6.07) is 0. The molecule has 74 valence electrons. The molecule has 0 saturated heterocycles. The van der Waals surface area contributed by atoms with Crippen molar-refractivity contribution in [3.05, 3.63) is 10.2 Å². The Morgan fingerprint density at radius 2 is 1.92 bits per heavy atom. The number of hydrogen-bond donors (Lipinski definition) is 0. The largest absolute Gasteiger partial charge is 0.300 e. The quantitative estimate of drug-likeness (QED) is 0.706. The maximum absolute atomic E-state index is 11.3. The summed E-state index contributed by atoms with van der Waals surface area (Å²) in [5, 5.41) is 0. The van der Waals surface area contributed by atoms with Crippen molar-refractivity contribution in [3.8, 4) is 0 Å². The van der Waals surface area contributed by atoms with Crippen LogP contribution < -0.4 is 0 Å². The van der Waals surface area contributed by atoms with E-state index in [1.54, 1.807) is 0 Å². The molecule has 0 aliphatic rings. The van der Waals surface area contributed by atoms with E-state index in [0.29, 0.717) is 19.3 Å². The lowest BCUT2D eigenvalue weighted by atomic mass is 10.0. The molecule has 0 unspecified atom stereocenters. The lowest BCUT2D eigenvalue weighted by molar-refractivity contribution is -0.123. The van der Waals surface area contributed by atoms with Crippen LogP contribution in [0.25, 0.3) is 0 Å². The molecule has 0 radical (unpaired) electrons. The molecular formula is C10H15IO2. The minimum Gasteiger partial charge on any atom is -0.300 e. The third-order valence-electron chi connectivity index (χ3n) is 1.82. The molecule has 1 atom stereocenters. The molecule has 0 aliphatic heterocycles. The third-order valence-corrected chi connectivity index (χ3v) is 2.89. The molecule has 0 spiro atoms. The van der Waals surface area contributed by atoms with Crippen LogP contribution in [-0.2, 0) is 9.59 Å². The Kier molecular flexibility index (Phi) is 6.20. The molecule has 0 aromatic heterocycles. The lowest BCUT2D eigenvalue weighted by Gasteiger charge is -2.07. The fraction of sp³-hybridized carbons (Fsp3) is 0.600. The van der Waals surface area contributed by atoms with Gasteiger partial charge in [-0.05, 0) is 39.0 Å². The summed E-state index contributed by atoms with van der Waals surface area (Å²) in [6.45, 7) is 7.25. The second-order valence-electron chi connectivity index (χ2n) is 3.29. The van der Waals surface area contributed by atoms with Gasteiger partial charge in [-0.1, -0.05) is 13.5 Å². The first kappa shape index (κ1) is 12.8. The van der Waals surface area contributed by atoms with Crippen molar-refractivity contribution in [1.29, 1.82) is 0 Å². The summed E-state index contributed by atoms with van der Waals surface area (Å²) in [4.78, 5) is 21.9. The van der Waals surface area contributed by atoms with Crippen LogP contribution in [0.1, 0.15) is 33.1 Å². The summed E-state index contributed by atoms with van der Waals surface area (Å²) in [5.74, 6) is 0.454. The van der Waals surface area contributed by atoms with Crippen molar-refractivity contribution >= 4 is 34.2 Å². The molecule has 3 heteroatoms. The van der Waals surface area contributed by atoms with E-state index in [4.69, 9.17) is 0 Å². The van der Waals surface area contributed by atoms with Crippen LogP contribution in [0.15, 0.2) is 10.2 Å². The zero-order chi connectivity index (χ0) is 10.4. The fourth-order valence-electron chi connectivity index (χ4n) is 0.870. The summed E-state index contributed by atoms with van der Waals surface area (Å²) < 4.78 is 0.994. The molecule has 0 amide bonds. The van der Waals surface area contributed by atoms with E-state index < -0.39 is 0 Å². The number of carbonyl (C=O) groups excluding carboxylic acids is 2. The molecule has 13 heavy (non-hydrogen) atoms. The van der Waals surface area contributed by atoms with E-state index in [0.717, 1.165) is 3.58 Å². The molecule has 0 N–H and O–H groups in total. The van der Waals surface area contributed by atoms with Gasteiger partial charge < -0.3 is 4.79 Å². The summed E-state index contributed by atoms with van der Waals surface area (Å²) >= 11 is 2.13. The van der Waals surface area contributed by atoms with Gasteiger partial charge in [0.1, 0.15) is 11.6 Å². The summed E-state index contributed by atoms with van der Waals surface area (Å²) in [6.07, 6.45) is 1.26. The number of allylic oxidation sites excluding steroid dienone is 1. The van der Waals surface area contributed by atoms with Crippen molar-refractivity contribution in [2.45, 2.75) is 33.1 Å². The Morgan fingerprint density at radius 3 is 2.31 bits per heavy atom. The number of rotatable bonds is 6. The van der Waals surface area contributed by atoms with E-state index in [1.807, 2.05) is 6.92 Å². The van der Waals surface area contributed by atoms with Gasteiger partial charge in [-0.15, -0.1) is 0 Å². The molecular weight excluding hydrogens is 279 g/mol. The van der Waals surface area contributed by atoms with E-state index in [-0.39, 0.29) is 17.5 Å². The Labute approximate surface area is 92.9 Å². The normalized spacial score (nSPS) is 12.2. The Hall–Kier alpha value is -0.190. The van der Waals surface area contributed by atoms with Gasteiger partial charge >= 0.3 is 0 Å². The first-order valence-corrected chi connectivity index (χ1v) is 5.36. The highest BCUT2D eigenvalue weighted by molar-refractivity contribution is 14.1. The molecule has 0 fully saturated rings. The van der Waals surface area contributed by atoms with Crippen molar-refractivity contribution in [1.82, 2.24) is 0 Å².